The Morgan fingerprint density at radius 3 is 3.25 bits per heavy atom. The average molecular weight is 161 g/mol. The summed E-state index contributed by atoms with van der Waals surface area (Å²) < 4.78 is 0. The molecule has 2 N–H and O–H groups in total. The van der Waals surface area contributed by atoms with E-state index in [-0.39, 0.29) is 0 Å². The lowest BCUT2D eigenvalue weighted by Gasteiger charge is -2.27. The number of amidine groups is 1. The highest BCUT2D eigenvalue weighted by Crippen LogP contribution is 2.14. The van der Waals surface area contributed by atoms with E-state index in [0.29, 0.717) is 0 Å². The van der Waals surface area contributed by atoms with Gasteiger partial charge in [0.1, 0.15) is 5.84 Å². The van der Waals surface area contributed by atoms with Gasteiger partial charge in [-0.15, -0.1) is 0 Å². The van der Waals surface area contributed by atoms with Crippen LogP contribution in [-0.2, 0) is 0 Å². The molecule has 0 bridgehead atoms. The summed E-state index contributed by atoms with van der Waals surface area (Å²) in [6, 6.07) is 0. The molecule has 0 saturated carbocycles. The number of hydrogen-bond acceptors (Lipinski definition) is 3. The summed E-state index contributed by atoms with van der Waals surface area (Å²) in [6.07, 6.45) is 7.77. The molecule has 0 fully saturated rings. The van der Waals surface area contributed by atoms with E-state index in [2.05, 4.69) is 4.99 Å². The summed E-state index contributed by atoms with van der Waals surface area (Å²) >= 11 is 0. The SMILES string of the molecule is CC1=CC=CN2CC(N)=CN=C12. The molecule has 0 saturated heterocycles. The minimum absolute atomic E-state index is 0.751. The molecule has 62 valence electrons. The highest BCUT2D eigenvalue weighted by Gasteiger charge is 2.16. The van der Waals surface area contributed by atoms with Gasteiger partial charge in [-0.1, -0.05) is 6.08 Å². The Bertz CT molecular complexity index is 321. The first-order valence-corrected chi connectivity index (χ1v) is 3.92. The van der Waals surface area contributed by atoms with Crippen LogP contribution in [0.3, 0.4) is 0 Å². The van der Waals surface area contributed by atoms with Crippen LogP contribution in [-0.4, -0.2) is 17.3 Å². The van der Waals surface area contributed by atoms with Crippen LogP contribution in [0.4, 0.5) is 0 Å². The first-order valence-electron chi connectivity index (χ1n) is 3.92. The number of nitrogens with two attached hydrogens (primary N) is 1. The number of aliphatic imine (C=N–C) groups is 1. The van der Waals surface area contributed by atoms with Gasteiger partial charge in [-0.2, -0.15) is 0 Å². The second kappa shape index (κ2) is 2.52. The molecule has 0 unspecified atom stereocenters. The molecule has 12 heavy (non-hydrogen) atoms. The molecular formula is C9H11N3. The van der Waals surface area contributed by atoms with Crippen molar-refractivity contribution < 1.29 is 0 Å². The van der Waals surface area contributed by atoms with Crippen LogP contribution in [0.1, 0.15) is 6.92 Å². The van der Waals surface area contributed by atoms with Crippen molar-refractivity contribution in [3.8, 4) is 0 Å². The van der Waals surface area contributed by atoms with Crippen molar-refractivity contribution in [1.82, 2.24) is 4.90 Å². The average Bonchev–Trinajstić information content (AvgIpc) is 2.04. The van der Waals surface area contributed by atoms with E-state index in [1.165, 1.54) is 5.57 Å². The van der Waals surface area contributed by atoms with Crippen molar-refractivity contribution in [2.24, 2.45) is 10.7 Å². The fourth-order valence-corrected chi connectivity index (χ4v) is 1.35. The fourth-order valence-electron chi connectivity index (χ4n) is 1.35. The number of allylic oxidation sites excluding steroid dienone is 2. The van der Waals surface area contributed by atoms with Gasteiger partial charge in [-0.25, -0.2) is 4.99 Å². The summed E-state index contributed by atoms with van der Waals surface area (Å²) in [5.41, 5.74) is 7.63. The van der Waals surface area contributed by atoms with Crippen molar-refractivity contribution in [1.29, 1.82) is 0 Å². The number of nitrogens with zero attached hydrogens (tertiary/aromatic N) is 2. The largest absolute Gasteiger partial charge is 0.399 e. The van der Waals surface area contributed by atoms with E-state index < -0.39 is 0 Å². The van der Waals surface area contributed by atoms with Crippen LogP contribution < -0.4 is 5.73 Å². The standard InChI is InChI=1S/C9H11N3/c1-7-3-2-4-12-6-8(10)5-11-9(7)12/h2-5H,6,10H2,1H3. The minimum Gasteiger partial charge on any atom is -0.399 e. The van der Waals surface area contributed by atoms with Gasteiger partial charge in [0.15, 0.2) is 0 Å². The Labute approximate surface area is 71.6 Å². The Morgan fingerprint density at radius 2 is 2.42 bits per heavy atom. The van der Waals surface area contributed by atoms with E-state index in [9.17, 15) is 0 Å². The third-order valence-electron chi connectivity index (χ3n) is 1.94. The zero-order valence-corrected chi connectivity index (χ0v) is 6.99. The van der Waals surface area contributed by atoms with Crippen LogP contribution in [0.5, 0.6) is 0 Å². The number of fused-ring (bicyclic) bond motifs is 1. The Morgan fingerprint density at radius 1 is 1.58 bits per heavy atom. The van der Waals surface area contributed by atoms with Gasteiger partial charge < -0.3 is 10.6 Å². The highest BCUT2D eigenvalue weighted by atomic mass is 15.2. The molecule has 2 aliphatic heterocycles. The van der Waals surface area contributed by atoms with Crippen LogP contribution in [0.2, 0.25) is 0 Å². The smallest absolute Gasteiger partial charge is 0.135 e. The Balaban J connectivity index is 2.39. The van der Waals surface area contributed by atoms with Gasteiger partial charge in [0.2, 0.25) is 0 Å². The molecule has 2 aliphatic rings. The molecule has 0 spiro atoms. The quantitative estimate of drug-likeness (QED) is 0.575. The van der Waals surface area contributed by atoms with E-state index in [1.54, 1.807) is 6.20 Å². The molecule has 2 rings (SSSR count). The van der Waals surface area contributed by atoms with E-state index >= 15 is 0 Å². The molecule has 0 radical (unpaired) electrons. The number of hydrogen-bond donors (Lipinski definition) is 1. The van der Waals surface area contributed by atoms with Gasteiger partial charge in [0.05, 0.1) is 6.54 Å². The summed E-state index contributed by atoms with van der Waals surface area (Å²) in [7, 11) is 0. The predicted octanol–water partition coefficient (Wildman–Crippen LogP) is 0.974. The lowest BCUT2D eigenvalue weighted by molar-refractivity contribution is 0.585. The number of rotatable bonds is 0. The third-order valence-corrected chi connectivity index (χ3v) is 1.94. The molecule has 0 aromatic rings. The van der Waals surface area contributed by atoms with E-state index in [1.807, 2.05) is 30.2 Å². The van der Waals surface area contributed by atoms with Crippen LogP contribution >= 0.6 is 0 Å². The monoisotopic (exact) mass is 161 g/mol. The summed E-state index contributed by atoms with van der Waals surface area (Å²) in [6.45, 7) is 2.80. The Kier molecular flexibility index (Phi) is 1.50. The van der Waals surface area contributed by atoms with E-state index in [0.717, 1.165) is 18.1 Å². The van der Waals surface area contributed by atoms with Crippen molar-refractivity contribution in [2.45, 2.75) is 6.92 Å². The van der Waals surface area contributed by atoms with Gasteiger partial charge in [0.25, 0.3) is 0 Å². The highest BCUT2D eigenvalue weighted by molar-refractivity contribution is 6.00. The van der Waals surface area contributed by atoms with Crippen molar-refractivity contribution in [3.05, 3.63) is 35.8 Å². The summed E-state index contributed by atoms with van der Waals surface area (Å²) in [4.78, 5) is 6.30. The van der Waals surface area contributed by atoms with Gasteiger partial charge in [-0.3, -0.25) is 0 Å². The van der Waals surface area contributed by atoms with Crippen LogP contribution in [0.15, 0.2) is 40.8 Å². The van der Waals surface area contributed by atoms with Crippen molar-refractivity contribution >= 4 is 5.84 Å². The van der Waals surface area contributed by atoms with Crippen LogP contribution in [0.25, 0.3) is 0 Å². The second-order valence-corrected chi connectivity index (χ2v) is 2.98. The molecule has 2 heterocycles. The van der Waals surface area contributed by atoms with E-state index in [4.69, 9.17) is 5.73 Å². The fraction of sp³-hybridized carbons (Fsp3) is 0.222. The summed E-state index contributed by atoms with van der Waals surface area (Å²) in [5.74, 6) is 1.01. The molecule has 0 aromatic heterocycles. The summed E-state index contributed by atoms with van der Waals surface area (Å²) in [5, 5.41) is 0. The molecule has 3 heteroatoms. The zero-order chi connectivity index (χ0) is 8.55. The van der Waals surface area contributed by atoms with Gasteiger partial charge in [0, 0.05) is 18.1 Å². The molecule has 0 aromatic carbocycles. The lowest BCUT2D eigenvalue weighted by Crippen LogP contribution is -2.34. The lowest BCUT2D eigenvalue weighted by atomic mass is 10.1. The molecular weight excluding hydrogens is 150 g/mol. The first-order chi connectivity index (χ1) is 5.77. The molecule has 0 atom stereocenters. The molecule has 0 amide bonds. The zero-order valence-electron chi connectivity index (χ0n) is 6.99. The van der Waals surface area contributed by atoms with Gasteiger partial charge in [-0.05, 0) is 18.6 Å². The third kappa shape index (κ3) is 1.03. The molecule has 0 aliphatic carbocycles. The van der Waals surface area contributed by atoms with Crippen molar-refractivity contribution in [2.75, 3.05) is 6.54 Å². The maximum atomic E-state index is 5.65. The van der Waals surface area contributed by atoms with Crippen LogP contribution in [0, 0.1) is 0 Å². The van der Waals surface area contributed by atoms with Gasteiger partial charge >= 0.3 is 0 Å². The topological polar surface area (TPSA) is 41.6 Å². The second-order valence-electron chi connectivity index (χ2n) is 2.98. The Hall–Kier alpha value is -1.51. The maximum Gasteiger partial charge on any atom is 0.135 e. The maximum absolute atomic E-state index is 5.65. The molecule has 3 nitrogen and oxygen atoms in total. The first kappa shape index (κ1) is 7.16. The van der Waals surface area contributed by atoms with Crippen molar-refractivity contribution in [3.63, 3.8) is 0 Å². The normalized spacial score (nSPS) is 21.1. The predicted molar refractivity (Wildman–Crippen MR) is 49.3 cm³/mol. The minimum atomic E-state index is 0.751.